The summed E-state index contributed by atoms with van der Waals surface area (Å²) in [5, 5.41) is 11.8. The predicted octanol–water partition coefficient (Wildman–Crippen LogP) is 3.11. The maximum Gasteiger partial charge on any atom is 0.394 e. The lowest BCUT2D eigenvalue weighted by Crippen LogP contribution is -2.56. The lowest BCUT2D eigenvalue weighted by molar-refractivity contribution is -0.214. The minimum atomic E-state index is -4.48. The van der Waals surface area contributed by atoms with E-state index in [0.717, 1.165) is 26.7 Å². The predicted molar refractivity (Wildman–Crippen MR) is 70.6 cm³/mol. The summed E-state index contributed by atoms with van der Waals surface area (Å²) in [5.74, 6) is -2.54. The SMILES string of the molecule is CC1(NC(=O)CC(C)(C)C(F)(F)F)CCCCC1C(=O)O. The molecule has 4 nitrogen and oxygen atoms in total. The summed E-state index contributed by atoms with van der Waals surface area (Å²) in [6.45, 7) is 3.53. The lowest BCUT2D eigenvalue weighted by atomic mass is 9.73. The number of aliphatic carboxylic acids is 1. The van der Waals surface area contributed by atoms with Crippen molar-refractivity contribution in [1.82, 2.24) is 5.32 Å². The normalized spacial score (nSPS) is 27.2. The molecule has 1 fully saturated rings. The molecule has 1 amide bonds. The van der Waals surface area contributed by atoms with Gasteiger partial charge in [0.2, 0.25) is 5.91 Å². The number of amides is 1. The van der Waals surface area contributed by atoms with Crippen molar-refractivity contribution in [2.45, 2.75) is 64.6 Å². The molecule has 7 heteroatoms. The van der Waals surface area contributed by atoms with Gasteiger partial charge >= 0.3 is 12.1 Å². The highest BCUT2D eigenvalue weighted by Crippen LogP contribution is 2.41. The summed E-state index contributed by atoms with van der Waals surface area (Å²) in [6, 6.07) is 0. The lowest BCUT2D eigenvalue weighted by Gasteiger charge is -2.40. The number of hydrogen-bond acceptors (Lipinski definition) is 2. The molecule has 0 aromatic rings. The van der Waals surface area contributed by atoms with Gasteiger partial charge in [-0.1, -0.05) is 26.7 Å². The first-order chi connectivity index (χ1) is 9.39. The van der Waals surface area contributed by atoms with Crippen molar-refractivity contribution < 1.29 is 27.9 Å². The van der Waals surface area contributed by atoms with Crippen LogP contribution in [0.3, 0.4) is 0 Å². The molecular weight excluding hydrogens is 287 g/mol. The molecule has 21 heavy (non-hydrogen) atoms. The number of rotatable bonds is 4. The number of carboxylic acids is 1. The van der Waals surface area contributed by atoms with Gasteiger partial charge in [-0.15, -0.1) is 0 Å². The van der Waals surface area contributed by atoms with E-state index in [1.807, 2.05) is 0 Å². The zero-order chi connectivity index (χ0) is 16.5. The molecule has 122 valence electrons. The van der Waals surface area contributed by atoms with Crippen LogP contribution in [0.5, 0.6) is 0 Å². The molecule has 0 radical (unpaired) electrons. The number of halogens is 3. The fraction of sp³-hybridized carbons (Fsp3) is 0.857. The maximum absolute atomic E-state index is 12.8. The molecule has 1 aliphatic rings. The number of carbonyl (C=O) groups is 2. The van der Waals surface area contributed by atoms with Crippen molar-refractivity contribution in [3.05, 3.63) is 0 Å². The summed E-state index contributed by atoms with van der Waals surface area (Å²) < 4.78 is 38.4. The van der Waals surface area contributed by atoms with Crippen LogP contribution in [0.4, 0.5) is 13.2 Å². The quantitative estimate of drug-likeness (QED) is 0.838. The van der Waals surface area contributed by atoms with Gasteiger partial charge in [-0.2, -0.15) is 13.2 Å². The smallest absolute Gasteiger partial charge is 0.394 e. The monoisotopic (exact) mass is 309 g/mol. The topological polar surface area (TPSA) is 66.4 Å². The fourth-order valence-electron chi connectivity index (χ4n) is 2.74. The Hall–Kier alpha value is -1.27. The average molecular weight is 309 g/mol. The molecule has 0 aromatic heterocycles. The zero-order valence-corrected chi connectivity index (χ0v) is 12.5. The van der Waals surface area contributed by atoms with Crippen LogP contribution in [0.25, 0.3) is 0 Å². The Labute approximate surface area is 122 Å². The third-order valence-electron chi connectivity index (χ3n) is 4.30. The van der Waals surface area contributed by atoms with Gasteiger partial charge < -0.3 is 10.4 Å². The van der Waals surface area contributed by atoms with E-state index < -0.39 is 41.3 Å². The van der Waals surface area contributed by atoms with E-state index in [1.165, 1.54) is 0 Å². The van der Waals surface area contributed by atoms with Crippen LogP contribution < -0.4 is 5.32 Å². The molecular formula is C14H22F3NO3. The Morgan fingerprint density at radius 1 is 1.29 bits per heavy atom. The first-order valence-electron chi connectivity index (χ1n) is 7.00. The summed E-state index contributed by atoms with van der Waals surface area (Å²) >= 11 is 0. The Kier molecular flexibility index (Phi) is 4.95. The van der Waals surface area contributed by atoms with E-state index >= 15 is 0 Å². The van der Waals surface area contributed by atoms with Gasteiger partial charge in [0.05, 0.1) is 16.9 Å². The number of nitrogens with one attached hydrogen (secondary N) is 1. The summed E-state index contributed by atoms with van der Waals surface area (Å²) in [5.41, 5.74) is -3.12. The summed E-state index contributed by atoms with van der Waals surface area (Å²) in [6.07, 6.45) is -2.81. The molecule has 1 aliphatic carbocycles. The number of carboxylic acid groups (broad SMARTS) is 1. The molecule has 0 aliphatic heterocycles. The standard InChI is InChI=1S/C14H22F3NO3/c1-12(2,14(15,16)17)8-10(19)18-13(3)7-5-4-6-9(13)11(20)21/h9H,4-8H2,1-3H3,(H,18,19)(H,20,21). The van der Waals surface area contributed by atoms with E-state index in [2.05, 4.69) is 5.32 Å². The second kappa shape index (κ2) is 5.85. The minimum absolute atomic E-state index is 0.425. The van der Waals surface area contributed by atoms with E-state index in [4.69, 9.17) is 0 Å². The Morgan fingerprint density at radius 2 is 1.86 bits per heavy atom. The van der Waals surface area contributed by atoms with Crippen LogP contribution in [0.15, 0.2) is 0 Å². The third-order valence-corrected chi connectivity index (χ3v) is 4.30. The first kappa shape index (κ1) is 17.8. The molecule has 2 N–H and O–H groups in total. The highest BCUT2D eigenvalue weighted by molar-refractivity contribution is 5.79. The van der Waals surface area contributed by atoms with Crippen LogP contribution in [0.2, 0.25) is 0 Å². The number of alkyl halides is 3. The van der Waals surface area contributed by atoms with Gasteiger partial charge in [-0.25, -0.2) is 0 Å². The highest BCUT2D eigenvalue weighted by atomic mass is 19.4. The molecule has 0 bridgehead atoms. The van der Waals surface area contributed by atoms with E-state index in [1.54, 1.807) is 6.92 Å². The maximum atomic E-state index is 12.8. The Bertz CT molecular complexity index is 420. The van der Waals surface area contributed by atoms with Gasteiger partial charge in [0, 0.05) is 6.42 Å². The Morgan fingerprint density at radius 3 is 2.33 bits per heavy atom. The van der Waals surface area contributed by atoms with E-state index in [-0.39, 0.29) is 0 Å². The molecule has 1 saturated carbocycles. The Balaban J connectivity index is 2.79. The number of carbonyl (C=O) groups excluding carboxylic acids is 1. The van der Waals surface area contributed by atoms with Crippen LogP contribution in [0.1, 0.15) is 52.9 Å². The average Bonchev–Trinajstić information content (AvgIpc) is 2.25. The van der Waals surface area contributed by atoms with Crippen molar-refractivity contribution in [3.63, 3.8) is 0 Å². The van der Waals surface area contributed by atoms with Crippen LogP contribution in [-0.2, 0) is 9.59 Å². The second-order valence-corrected chi connectivity index (χ2v) is 6.66. The van der Waals surface area contributed by atoms with Crippen molar-refractivity contribution in [3.8, 4) is 0 Å². The van der Waals surface area contributed by atoms with Gasteiger partial charge in [0.15, 0.2) is 0 Å². The van der Waals surface area contributed by atoms with Crippen LogP contribution in [0, 0.1) is 11.3 Å². The van der Waals surface area contributed by atoms with Crippen molar-refractivity contribution in [2.75, 3.05) is 0 Å². The third kappa shape index (κ3) is 4.11. The molecule has 0 heterocycles. The van der Waals surface area contributed by atoms with Crippen molar-refractivity contribution in [2.24, 2.45) is 11.3 Å². The van der Waals surface area contributed by atoms with Gasteiger partial charge in [0.1, 0.15) is 0 Å². The second-order valence-electron chi connectivity index (χ2n) is 6.66. The molecule has 1 rings (SSSR count). The van der Waals surface area contributed by atoms with Crippen molar-refractivity contribution >= 4 is 11.9 Å². The minimum Gasteiger partial charge on any atom is -0.481 e. The largest absolute Gasteiger partial charge is 0.481 e. The van der Waals surface area contributed by atoms with E-state index in [9.17, 15) is 27.9 Å². The van der Waals surface area contributed by atoms with Crippen molar-refractivity contribution in [1.29, 1.82) is 0 Å². The van der Waals surface area contributed by atoms with Crippen LogP contribution >= 0.6 is 0 Å². The molecule has 2 unspecified atom stereocenters. The molecule has 0 aromatic carbocycles. The van der Waals surface area contributed by atoms with Gasteiger partial charge in [0.25, 0.3) is 0 Å². The zero-order valence-electron chi connectivity index (χ0n) is 12.5. The van der Waals surface area contributed by atoms with E-state index in [0.29, 0.717) is 12.8 Å². The molecule has 0 saturated heterocycles. The molecule has 2 atom stereocenters. The van der Waals surface area contributed by atoms with Gasteiger partial charge in [-0.05, 0) is 19.8 Å². The fourth-order valence-corrected chi connectivity index (χ4v) is 2.74. The summed E-state index contributed by atoms with van der Waals surface area (Å²) in [7, 11) is 0. The first-order valence-corrected chi connectivity index (χ1v) is 7.00. The van der Waals surface area contributed by atoms with Gasteiger partial charge in [-0.3, -0.25) is 9.59 Å². The number of hydrogen-bond donors (Lipinski definition) is 2. The highest BCUT2D eigenvalue weighted by Gasteiger charge is 2.49. The van der Waals surface area contributed by atoms with Crippen LogP contribution in [-0.4, -0.2) is 28.7 Å². The molecule has 0 spiro atoms. The summed E-state index contributed by atoms with van der Waals surface area (Å²) in [4.78, 5) is 23.2.